The summed E-state index contributed by atoms with van der Waals surface area (Å²) in [6.07, 6.45) is -1.15. The second-order valence-corrected chi connectivity index (χ2v) is 15.8. The van der Waals surface area contributed by atoms with E-state index in [1.54, 1.807) is 19.2 Å². The number of benzene rings is 3. The lowest BCUT2D eigenvalue weighted by molar-refractivity contribution is -0.126. The van der Waals surface area contributed by atoms with Gasteiger partial charge in [-0.15, -0.1) is 0 Å². The Bertz CT molecular complexity index is 1650. The Kier molecular flexibility index (Phi) is 16.0. The molecule has 12 heteroatoms. The minimum Gasteiger partial charge on any atom is -0.453 e. The molecular formula is C42H59N5O7. The van der Waals surface area contributed by atoms with Crippen molar-refractivity contribution in [3.63, 3.8) is 0 Å². The molecule has 4 amide bonds. The van der Waals surface area contributed by atoms with Crippen molar-refractivity contribution in [1.29, 1.82) is 0 Å². The van der Waals surface area contributed by atoms with E-state index in [1.165, 1.54) is 14.2 Å². The molecule has 0 aromatic heterocycles. The fourth-order valence-corrected chi connectivity index (χ4v) is 6.12. The van der Waals surface area contributed by atoms with E-state index in [4.69, 9.17) is 9.47 Å². The molecule has 0 bridgehead atoms. The van der Waals surface area contributed by atoms with Gasteiger partial charge in [0.05, 0.1) is 20.3 Å². The highest BCUT2D eigenvalue weighted by Gasteiger charge is 2.35. The summed E-state index contributed by atoms with van der Waals surface area (Å²) in [7, 11) is 4.17. The number of alkyl carbamates (subject to hydrolysis) is 2. The largest absolute Gasteiger partial charge is 0.453 e. The smallest absolute Gasteiger partial charge is 0.407 e. The Hall–Kier alpha value is -4.94. The van der Waals surface area contributed by atoms with Crippen molar-refractivity contribution < 1.29 is 33.8 Å². The van der Waals surface area contributed by atoms with Gasteiger partial charge in [-0.3, -0.25) is 9.59 Å². The normalized spacial score (nSPS) is 14.4. The lowest BCUT2D eigenvalue weighted by Gasteiger charge is -2.35. The number of carbonyl (C=O) groups excluding carboxylic acids is 4. The zero-order chi connectivity index (χ0) is 40.1. The van der Waals surface area contributed by atoms with Crippen molar-refractivity contribution in [2.75, 3.05) is 27.8 Å². The first-order chi connectivity index (χ1) is 25.4. The number of aliphatic hydroxyl groups is 1. The van der Waals surface area contributed by atoms with Crippen molar-refractivity contribution in [2.45, 2.75) is 91.1 Å². The summed E-state index contributed by atoms with van der Waals surface area (Å²) in [6, 6.07) is 22.9. The van der Waals surface area contributed by atoms with Gasteiger partial charge in [0.15, 0.2) is 0 Å². The number of ether oxygens (including phenoxy) is 2. The second kappa shape index (κ2) is 19.9. The van der Waals surface area contributed by atoms with Gasteiger partial charge in [0.25, 0.3) is 5.91 Å². The highest BCUT2D eigenvalue weighted by Crippen LogP contribution is 2.24. The molecule has 0 fully saturated rings. The Morgan fingerprint density at radius 1 is 0.685 bits per heavy atom. The second-order valence-electron chi connectivity index (χ2n) is 15.8. The molecule has 0 spiro atoms. The molecule has 5 atom stereocenters. The highest BCUT2D eigenvalue weighted by atomic mass is 16.5. The zero-order valence-corrected chi connectivity index (χ0v) is 33.1. The van der Waals surface area contributed by atoms with Crippen LogP contribution in [0.2, 0.25) is 0 Å². The van der Waals surface area contributed by atoms with Gasteiger partial charge in [-0.1, -0.05) is 108 Å². The molecule has 3 rings (SSSR count). The third kappa shape index (κ3) is 13.5. The molecule has 0 aliphatic rings. The quantitative estimate of drug-likeness (QED) is 0.116. The van der Waals surface area contributed by atoms with Crippen LogP contribution in [-0.2, 0) is 27.1 Å². The fraction of sp³-hybridized carbons (Fsp3) is 0.476. The first kappa shape index (κ1) is 43.5. The van der Waals surface area contributed by atoms with Gasteiger partial charge in [-0.05, 0) is 64.5 Å². The summed E-state index contributed by atoms with van der Waals surface area (Å²) in [5.74, 6) is -0.540. The fourth-order valence-electron chi connectivity index (χ4n) is 6.12. The van der Waals surface area contributed by atoms with Crippen LogP contribution in [0.5, 0.6) is 0 Å². The van der Waals surface area contributed by atoms with Crippen molar-refractivity contribution in [3.8, 4) is 11.1 Å². The zero-order valence-electron chi connectivity index (χ0n) is 33.1. The van der Waals surface area contributed by atoms with Crippen LogP contribution in [0, 0.1) is 10.8 Å². The summed E-state index contributed by atoms with van der Waals surface area (Å²) in [5, 5.41) is 26.9. The Labute approximate surface area is 320 Å². The molecule has 3 aromatic carbocycles. The molecule has 294 valence electrons. The third-order valence-corrected chi connectivity index (χ3v) is 9.46. The summed E-state index contributed by atoms with van der Waals surface area (Å²) < 4.78 is 9.70. The minimum absolute atomic E-state index is 0.151. The van der Waals surface area contributed by atoms with Gasteiger partial charge in [0, 0.05) is 37.3 Å². The predicted octanol–water partition coefficient (Wildman–Crippen LogP) is 5.23. The van der Waals surface area contributed by atoms with E-state index >= 15 is 0 Å². The van der Waals surface area contributed by atoms with Gasteiger partial charge in [-0.25, -0.2) is 9.59 Å². The molecular weight excluding hydrogens is 686 g/mol. The van der Waals surface area contributed by atoms with Gasteiger partial charge in [0.1, 0.15) is 6.04 Å². The number of nitrogens with one attached hydrogen (secondary N) is 5. The van der Waals surface area contributed by atoms with Crippen LogP contribution in [0.15, 0.2) is 78.9 Å². The number of amides is 4. The van der Waals surface area contributed by atoms with Crippen LogP contribution in [0.4, 0.5) is 9.59 Å². The third-order valence-electron chi connectivity index (χ3n) is 9.46. The Balaban J connectivity index is 1.92. The molecule has 12 nitrogen and oxygen atoms in total. The number of hydrogen-bond acceptors (Lipinski definition) is 8. The van der Waals surface area contributed by atoms with Gasteiger partial charge in [-0.2, -0.15) is 0 Å². The number of aliphatic hydroxyl groups excluding tert-OH is 1. The molecule has 0 unspecified atom stereocenters. The van der Waals surface area contributed by atoms with Crippen molar-refractivity contribution >= 4 is 24.0 Å². The van der Waals surface area contributed by atoms with E-state index in [9.17, 15) is 24.3 Å². The van der Waals surface area contributed by atoms with Crippen molar-refractivity contribution in [3.05, 3.63) is 95.6 Å². The predicted molar refractivity (Wildman–Crippen MR) is 211 cm³/mol. The van der Waals surface area contributed by atoms with Gasteiger partial charge in [0.2, 0.25) is 5.91 Å². The van der Waals surface area contributed by atoms with Gasteiger partial charge < -0.3 is 41.2 Å². The average Bonchev–Trinajstić information content (AvgIpc) is 3.13. The first-order valence-electron chi connectivity index (χ1n) is 18.3. The molecule has 6 N–H and O–H groups in total. The van der Waals surface area contributed by atoms with Crippen molar-refractivity contribution in [1.82, 2.24) is 26.6 Å². The van der Waals surface area contributed by atoms with E-state index in [2.05, 4.69) is 26.6 Å². The average molecular weight is 746 g/mol. The number of carbonyl (C=O) groups is 4. The van der Waals surface area contributed by atoms with Crippen molar-refractivity contribution in [2.24, 2.45) is 10.8 Å². The van der Waals surface area contributed by atoms with E-state index in [1.807, 2.05) is 108 Å². The number of rotatable bonds is 16. The first-order valence-corrected chi connectivity index (χ1v) is 18.3. The van der Waals surface area contributed by atoms with Crippen LogP contribution < -0.4 is 26.6 Å². The maximum atomic E-state index is 13.8. The number of hydrogen-bond donors (Lipinski definition) is 6. The topological polar surface area (TPSA) is 167 Å². The molecule has 3 aromatic rings. The Morgan fingerprint density at radius 2 is 1.22 bits per heavy atom. The van der Waals surface area contributed by atoms with Crippen LogP contribution in [-0.4, -0.2) is 87.2 Å². The maximum absolute atomic E-state index is 13.8. The van der Waals surface area contributed by atoms with E-state index in [-0.39, 0.29) is 29.7 Å². The van der Waals surface area contributed by atoms with Crippen LogP contribution >= 0.6 is 0 Å². The molecule has 0 aliphatic carbocycles. The SMILES string of the molecule is CNC(=O)c1ccc(-c2ccc(C[C@H](NC[C@@H](NC(=O)OC)C(C)(C)C)[C@@H](O)C[C@H](Cc3ccccc3)NC(=O)[C@@H](NC(=O)OC)C(C)(C)C)cc2)cc1. The van der Waals surface area contributed by atoms with E-state index in [0.29, 0.717) is 24.9 Å². The van der Waals surface area contributed by atoms with Gasteiger partial charge >= 0.3 is 12.2 Å². The molecule has 0 heterocycles. The molecule has 0 saturated carbocycles. The standard InChI is InChI=1S/C42H59N5O7/c1-41(2,3)35(46-39(51)53-8)26-44-33(24-28-15-17-29(18-16-28)30-19-21-31(22-20-30)37(49)43-7)34(48)25-32(23-27-13-11-10-12-14-27)45-38(50)36(42(4,5)6)47-40(52)54-9/h10-22,32-36,44,48H,23-26H2,1-9H3,(H,43,49)(H,45,50)(H,46,51)(H,47,52)/t32-,33-,34-,35+,36+/m0/s1. The summed E-state index contributed by atoms with van der Waals surface area (Å²) in [6.45, 7) is 11.9. The minimum atomic E-state index is -0.948. The van der Waals surface area contributed by atoms with E-state index in [0.717, 1.165) is 22.3 Å². The molecule has 54 heavy (non-hydrogen) atoms. The summed E-state index contributed by atoms with van der Waals surface area (Å²) >= 11 is 0. The Morgan fingerprint density at radius 3 is 1.74 bits per heavy atom. The maximum Gasteiger partial charge on any atom is 0.407 e. The lowest BCUT2D eigenvalue weighted by atomic mass is 9.85. The lowest BCUT2D eigenvalue weighted by Crippen LogP contribution is -2.57. The van der Waals surface area contributed by atoms with Crippen LogP contribution in [0.25, 0.3) is 11.1 Å². The summed E-state index contributed by atoms with van der Waals surface area (Å²) in [4.78, 5) is 50.3. The van der Waals surface area contributed by atoms with E-state index < -0.39 is 41.8 Å². The van der Waals surface area contributed by atoms with Crippen LogP contribution in [0.3, 0.4) is 0 Å². The monoisotopic (exact) mass is 745 g/mol. The highest BCUT2D eigenvalue weighted by molar-refractivity contribution is 5.94. The molecule has 0 saturated heterocycles. The molecule has 0 aliphatic heterocycles. The van der Waals surface area contributed by atoms with Crippen LogP contribution in [0.1, 0.15) is 69.4 Å². The summed E-state index contributed by atoms with van der Waals surface area (Å²) in [5.41, 5.74) is 3.47. The molecule has 0 radical (unpaired) electrons. The number of methoxy groups -OCH3 is 2.